The first-order valence-corrected chi connectivity index (χ1v) is 13.0. The van der Waals surface area contributed by atoms with Crippen molar-refractivity contribution in [3.63, 3.8) is 0 Å². The molecule has 2 heterocycles. The molecule has 0 bridgehead atoms. The van der Waals surface area contributed by atoms with Gasteiger partial charge in [-0.2, -0.15) is 0 Å². The lowest BCUT2D eigenvalue weighted by Crippen LogP contribution is -2.42. The molecule has 3 aromatic rings. The van der Waals surface area contributed by atoms with Crippen molar-refractivity contribution in [1.82, 2.24) is 9.88 Å². The number of alkyl halides is 1. The molecule has 1 unspecified atom stereocenters. The van der Waals surface area contributed by atoms with E-state index in [1.165, 1.54) is 11.1 Å². The number of aromatic nitrogens is 1. The van der Waals surface area contributed by atoms with Crippen molar-refractivity contribution in [3.05, 3.63) is 71.4 Å². The van der Waals surface area contributed by atoms with Gasteiger partial charge in [0, 0.05) is 24.5 Å². The minimum Gasteiger partial charge on any atom is -0.497 e. The number of pyridine rings is 1. The molecule has 1 aliphatic rings. The van der Waals surface area contributed by atoms with E-state index in [2.05, 4.69) is 41.1 Å². The summed E-state index contributed by atoms with van der Waals surface area (Å²) in [7, 11) is 1.60. The number of hydrogen-bond donors (Lipinski definition) is 1. The van der Waals surface area contributed by atoms with E-state index in [0.29, 0.717) is 24.2 Å². The van der Waals surface area contributed by atoms with Crippen molar-refractivity contribution in [2.45, 2.75) is 51.6 Å². The Balaban J connectivity index is 1.34. The third kappa shape index (κ3) is 6.82. The molecule has 0 spiro atoms. The molecule has 1 aliphatic heterocycles. The Morgan fingerprint density at radius 2 is 2.08 bits per heavy atom. The van der Waals surface area contributed by atoms with Crippen LogP contribution in [0.3, 0.4) is 0 Å². The molecule has 3 atom stereocenters. The van der Waals surface area contributed by atoms with E-state index in [9.17, 15) is 9.90 Å². The number of hydrogen-bond acceptors (Lipinski definition) is 4. The van der Waals surface area contributed by atoms with E-state index in [4.69, 9.17) is 4.74 Å². The first-order chi connectivity index (χ1) is 17.4. The SMILES string of the molecule is COc1ccc2nccc(C(F)CC[C@@H]3CCN(CCCc4cccc(C)c4)C[C@@H]3CC(=O)O)c2c1. The Kier molecular flexibility index (Phi) is 8.92. The van der Waals surface area contributed by atoms with Crippen LogP contribution in [0.2, 0.25) is 0 Å². The van der Waals surface area contributed by atoms with Gasteiger partial charge in [-0.3, -0.25) is 9.78 Å². The fourth-order valence-corrected chi connectivity index (χ4v) is 5.63. The summed E-state index contributed by atoms with van der Waals surface area (Å²) < 4.78 is 20.8. The second-order valence-electron chi connectivity index (χ2n) is 10.1. The molecule has 0 amide bonds. The largest absolute Gasteiger partial charge is 0.497 e. The first kappa shape index (κ1) is 26.1. The van der Waals surface area contributed by atoms with Crippen LogP contribution >= 0.6 is 0 Å². The number of carboxylic acids is 1. The van der Waals surface area contributed by atoms with Crippen LogP contribution in [-0.4, -0.2) is 47.7 Å². The quantitative estimate of drug-likeness (QED) is 0.336. The lowest BCUT2D eigenvalue weighted by Gasteiger charge is -2.38. The minimum absolute atomic E-state index is 0.0525. The van der Waals surface area contributed by atoms with Gasteiger partial charge < -0.3 is 14.7 Å². The average molecular weight is 493 g/mol. The summed E-state index contributed by atoms with van der Waals surface area (Å²) in [5.74, 6) is 0.183. The molecule has 0 radical (unpaired) electrons. The molecule has 0 aliphatic carbocycles. The van der Waals surface area contributed by atoms with Gasteiger partial charge in [-0.15, -0.1) is 0 Å². The zero-order chi connectivity index (χ0) is 25.5. The molecule has 1 aromatic heterocycles. The highest BCUT2D eigenvalue weighted by Gasteiger charge is 2.31. The normalized spacial score (nSPS) is 19.3. The predicted molar refractivity (Wildman–Crippen MR) is 141 cm³/mol. The van der Waals surface area contributed by atoms with E-state index in [1.54, 1.807) is 19.4 Å². The number of piperidine rings is 1. The van der Waals surface area contributed by atoms with Crippen LogP contribution in [0.1, 0.15) is 55.0 Å². The first-order valence-electron chi connectivity index (χ1n) is 13.0. The number of nitrogens with zero attached hydrogens (tertiary/aromatic N) is 2. The Labute approximate surface area is 213 Å². The Bertz CT molecular complexity index is 1170. The minimum atomic E-state index is -1.12. The maximum Gasteiger partial charge on any atom is 0.303 e. The van der Waals surface area contributed by atoms with E-state index in [0.717, 1.165) is 49.8 Å². The third-order valence-electron chi connectivity index (χ3n) is 7.55. The number of ether oxygens (including phenoxy) is 1. The van der Waals surface area contributed by atoms with Crippen LogP contribution in [0.15, 0.2) is 54.7 Å². The van der Waals surface area contributed by atoms with E-state index < -0.39 is 12.1 Å². The fraction of sp³-hybridized carbons (Fsp3) is 0.467. The standard InChI is InChI=1S/C30H37FN2O3/c1-21-5-3-6-22(17-21)7-4-15-33-16-13-23(24(20-33)18-30(34)35)8-10-28(31)26-12-14-32-29-11-9-25(36-2)19-27(26)29/h3,5-6,9,11-12,14,17,19,23-24,28H,4,7-8,10,13,15-16,18,20H2,1-2H3,(H,34,35)/t23-,24+,28?/m1/s1. The number of fused-ring (bicyclic) bond motifs is 1. The van der Waals surface area contributed by atoms with Gasteiger partial charge in [-0.25, -0.2) is 4.39 Å². The lowest BCUT2D eigenvalue weighted by atomic mass is 9.79. The van der Waals surface area contributed by atoms with Crippen LogP contribution in [0.4, 0.5) is 4.39 Å². The Morgan fingerprint density at radius 3 is 2.86 bits per heavy atom. The van der Waals surface area contributed by atoms with E-state index in [1.807, 2.05) is 18.2 Å². The number of aliphatic carboxylic acids is 1. The van der Waals surface area contributed by atoms with Crippen molar-refractivity contribution < 1.29 is 19.0 Å². The number of likely N-dealkylation sites (tertiary alicyclic amines) is 1. The number of carboxylic acid groups (broad SMARTS) is 1. The Morgan fingerprint density at radius 1 is 1.22 bits per heavy atom. The number of halogens is 1. The molecule has 1 saturated heterocycles. The second kappa shape index (κ2) is 12.3. The predicted octanol–water partition coefficient (Wildman–Crippen LogP) is 6.39. The van der Waals surface area contributed by atoms with Crippen LogP contribution in [0.5, 0.6) is 5.75 Å². The Hall–Kier alpha value is -2.99. The summed E-state index contributed by atoms with van der Waals surface area (Å²) in [5.41, 5.74) is 4.00. The highest BCUT2D eigenvalue weighted by atomic mass is 19.1. The highest BCUT2D eigenvalue weighted by Crippen LogP contribution is 2.36. The van der Waals surface area contributed by atoms with Crippen molar-refractivity contribution in [1.29, 1.82) is 0 Å². The maximum atomic E-state index is 15.5. The zero-order valence-electron chi connectivity index (χ0n) is 21.3. The molecular weight excluding hydrogens is 455 g/mol. The summed E-state index contributed by atoms with van der Waals surface area (Å²) in [4.78, 5) is 18.4. The molecule has 0 saturated carbocycles. The molecule has 1 fully saturated rings. The molecular formula is C30H37FN2O3. The van der Waals surface area contributed by atoms with E-state index in [-0.39, 0.29) is 18.3 Å². The molecule has 5 nitrogen and oxygen atoms in total. The van der Waals surface area contributed by atoms with Gasteiger partial charge in [0.25, 0.3) is 0 Å². The van der Waals surface area contributed by atoms with Crippen molar-refractivity contribution in [2.75, 3.05) is 26.7 Å². The number of benzene rings is 2. The summed E-state index contributed by atoms with van der Waals surface area (Å²) in [6.45, 7) is 4.80. The molecule has 4 rings (SSSR count). The topological polar surface area (TPSA) is 62.7 Å². The van der Waals surface area contributed by atoms with E-state index >= 15 is 4.39 Å². The maximum absolute atomic E-state index is 15.5. The van der Waals surface area contributed by atoms with Crippen LogP contribution in [0, 0.1) is 18.8 Å². The monoisotopic (exact) mass is 492 g/mol. The smallest absolute Gasteiger partial charge is 0.303 e. The van der Waals surface area contributed by atoms with Crippen molar-refractivity contribution in [2.24, 2.45) is 11.8 Å². The summed E-state index contributed by atoms with van der Waals surface area (Å²) >= 11 is 0. The van der Waals surface area contributed by atoms with Gasteiger partial charge in [0.05, 0.1) is 12.6 Å². The molecule has 192 valence electrons. The van der Waals surface area contributed by atoms with Crippen LogP contribution in [-0.2, 0) is 11.2 Å². The highest BCUT2D eigenvalue weighted by molar-refractivity contribution is 5.83. The number of carbonyl (C=O) groups is 1. The lowest BCUT2D eigenvalue weighted by molar-refractivity contribution is -0.139. The van der Waals surface area contributed by atoms with Gasteiger partial charge in [-0.05, 0) is 99.3 Å². The van der Waals surface area contributed by atoms with Gasteiger partial charge >= 0.3 is 5.97 Å². The summed E-state index contributed by atoms with van der Waals surface area (Å²) in [5, 5.41) is 10.3. The number of aryl methyl sites for hydroxylation is 2. The molecule has 6 heteroatoms. The van der Waals surface area contributed by atoms with Crippen molar-refractivity contribution >= 4 is 16.9 Å². The summed E-state index contributed by atoms with van der Waals surface area (Å²) in [6, 6.07) is 15.9. The van der Waals surface area contributed by atoms with Gasteiger partial charge in [-0.1, -0.05) is 29.8 Å². The molecule has 2 aromatic carbocycles. The molecule has 1 N–H and O–H groups in total. The van der Waals surface area contributed by atoms with Crippen LogP contribution < -0.4 is 4.74 Å². The van der Waals surface area contributed by atoms with Gasteiger partial charge in [0.1, 0.15) is 11.9 Å². The number of methoxy groups -OCH3 is 1. The zero-order valence-corrected chi connectivity index (χ0v) is 21.3. The van der Waals surface area contributed by atoms with Crippen molar-refractivity contribution in [3.8, 4) is 5.75 Å². The third-order valence-corrected chi connectivity index (χ3v) is 7.55. The fourth-order valence-electron chi connectivity index (χ4n) is 5.63. The van der Waals surface area contributed by atoms with Gasteiger partial charge in [0.2, 0.25) is 0 Å². The summed E-state index contributed by atoms with van der Waals surface area (Å²) in [6.07, 6.45) is 4.73. The van der Waals surface area contributed by atoms with Crippen LogP contribution in [0.25, 0.3) is 10.9 Å². The average Bonchev–Trinajstić information content (AvgIpc) is 2.87. The molecule has 36 heavy (non-hydrogen) atoms. The van der Waals surface area contributed by atoms with Gasteiger partial charge in [0.15, 0.2) is 0 Å². The number of rotatable bonds is 11. The second-order valence-corrected chi connectivity index (χ2v) is 10.1.